The van der Waals surface area contributed by atoms with E-state index in [0.29, 0.717) is 0 Å². The van der Waals surface area contributed by atoms with Crippen LogP contribution < -0.4 is 0 Å². The van der Waals surface area contributed by atoms with Crippen LogP contribution in [0.2, 0.25) is 0 Å². The van der Waals surface area contributed by atoms with Crippen LogP contribution in [0.4, 0.5) is 0 Å². The van der Waals surface area contributed by atoms with Crippen LogP contribution in [0, 0.1) is 0 Å². The van der Waals surface area contributed by atoms with Gasteiger partial charge in [-0.3, -0.25) is 0 Å². The number of rotatable bonds is 4. The lowest BCUT2D eigenvalue weighted by Gasteiger charge is -2.31. The molecule has 0 aromatic heterocycles. The summed E-state index contributed by atoms with van der Waals surface area (Å²) < 4.78 is 6.38. The molecule has 1 aliphatic rings. The van der Waals surface area contributed by atoms with Gasteiger partial charge in [-0.2, -0.15) is 0 Å². The standard InChI is InChI=1S/C22H20OS/c1-3-10-18(11-4-1)22(16-9-17-23-22)20-14-7-8-15-21(20)24-19-12-5-2-6-13-19/h1-8,10-15H,9,16-17H2. The van der Waals surface area contributed by atoms with Crippen molar-refractivity contribution in [2.75, 3.05) is 6.61 Å². The quantitative estimate of drug-likeness (QED) is 0.589. The summed E-state index contributed by atoms with van der Waals surface area (Å²) in [5, 5.41) is 0. The number of ether oxygens (including phenoxy) is 1. The van der Waals surface area contributed by atoms with Crippen molar-refractivity contribution < 1.29 is 4.74 Å². The second-order valence-electron chi connectivity index (χ2n) is 6.06. The molecule has 4 rings (SSSR count). The Morgan fingerprint density at radius 2 is 1.42 bits per heavy atom. The molecule has 1 heterocycles. The Bertz CT molecular complexity index is 792. The molecule has 0 radical (unpaired) electrons. The number of benzene rings is 3. The third-order valence-electron chi connectivity index (χ3n) is 4.55. The maximum absolute atomic E-state index is 6.38. The lowest BCUT2D eigenvalue weighted by atomic mass is 9.84. The highest BCUT2D eigenvalue weighted by Gasteiger charge is 2.40. The van der Waals surface area contributed by atoms with E-state index < -0.39 is 0 Å². The average molecular weight is 332 g/mol. The molecule has 1 saturated heterocycles. The summed E-state index contributed by atoms with van der Waals surface area (Å²) in [5.74, 6) is 0. The fourth-order valence-electron chi connectivity index (χ4n) is 3.45. The van der Waals surface area contributed by atoms with Crippen LogP contribution >= 0.6 is 11.8 Å². The minimum absolute atomic E-state index is 0.320. The summed E-state index contributed by atoms with van der Waals surface area (Å²) in [7, 11) is 0. The van der Waals surface area contributed by atoms with E-state index in [2.05, 4.69) is 84.9 Å². The van der Waals surface area contributed by atoms with Crippen LogP contribution in [0.5, 0.6) is 0 Å². The molecule has 2 heteroatoms. The Labute approximate surface area is 147 Å². The summed E-state index contributed by atoms with van der Waals surface area (Å²) in [6.07, 6.45) is 2.13. The summed E-state index contributed by atoms with van der Waals surface area (Å²) in [6, 6.07) is 29.9. The molecule has 1 atom stereocenters. The zero-order valence-corrected chi connectivity index (χ0v) is 14.3. The molecule has 3 aromatic carbocycles. The Balaban J connectivity index is 1.80. The van der Waals surface area contributed by atoms with Gasteiger partial charge in [0.1, 0.15) is 5.60 Å². The van der Waals surface area contributed by atoms with Gasteiger partial charge >= 0.3 is 0 Å². The number of hydrogen-bond donors (Lipinski definition) is 0. The topological polar surface area (TPSA) is 9.23 Å². The molecule has 0 spiro atoms. The van der Waals surface area contributed by atoms with Crippen molar-refractivity contribution in [3.63, 3.8) is 0 Å². The molecule has 0 amide bonds. The first-order valence-corrected chi connectivity index (χ1v) is 9.22. The SMILES string of the molecule is c1ccc(Sc2ccccc2C2(c3ccccc3)CCCO2)cc1. The van der Waals surface area contributed by atoms with Crippen molar-refractivity contribution >= 4 is 11.8 Å². The van der Waals surface area contributed by atoms with Gasteiger partial charge in [-0.25, -0.2) is 0 Å². The second-order valence-corrected chi connectivity index (χ2v) is 7.17. The Kier molecular flexibility index (Phi) is 4.42. The van der Waals surface area contributed by atoms with Gasteiger partial charge in [-0.05, 0) is 36.6 Å². The molecule has 1 fully saturated rings. The van der Waals surface area contributed by atoms with Crippen molar-refractivity contribution in [2.45, 2.75) is 28.2 Å². The first kappa shape index (κ1) is 15.5. The Morgan fingerprint density at radius 1 is 0.750 bits per heavy atom. The highest BCUT2D eigenvalue weighted by molar-refractivity contribution is 7.99. The van der Waals surface area contributed by atoms with Crippen LogP contribution in [0.25, 0.3) is 0 Å². The van der Waals surface area contributed by atoms with Crippen LogP contribution in [0.3, 0.4) is 0 Å². The predicted molar refractivity (Wildman–Crippen MR) is 99.4 cm³/mol. The zero-order chi connectivity index (χ0) is 16.2. The van der Waals surface area contributed by atoms with E-state index in [-0.39, 0.29) is 5.60 Å². The van der Waals surface area contributed by atoms with Crippen LogP contribution in [0.15, 0.2) is 94.7 Å². The van der Waals surface area contributed by atoms with Gasteiger partial charge in [0, 0.05) is 22.0 Å². The molecule has 120 valence electrons. The Morgan fingerprint density at radius 3 is 2.12 bits per heavy atom. The zero-order valence-electron chi connectivity index (χ0n) is 13.5. The summed E-state index contributed by atoms with van der Waals surface area (Å²) in [4.78, 5) is 2.53. The van der Waals surface area contributed by atoms with Gasteiger partial charge < -0.3 is 4.74 Å². The summed E-state index contributed by atoms with van der Waals surface area (Å²) in [6.45, 7) is 0.819. The van der Waals surface area contributed by atoms with Gasteiger partial charge in [0.2, 0.25) is 0 Å². The van der Waals surface area contributed by atoms with Crippen molar-refractivity contribution in [1.29, 1.82) is 0 Å². The first-order valence-electron chi connectivity index (χ1n) is 8.40. The first-order chi connectivity index (χ1) is 11.9. The third-order valence-corrected chi connectivity index (χ3v) is 5.64. The molecular weight excluding hydrogens is 312 g/mol. The van der Waals surface area contributed by atoms with E-state index in [1.807, 2.05) is 11.8 Å². The molecule has 0 aliphatic carbocycles. The highest BCUT2D eigenvalue weighted by atomic mass is 32.2. The highest BCUT2D eigenvalue weighted by Crippen LogP contribution is 2.46. The van der Waals surface area contributed by atoms with E-state index in [0.717, 1.165) is 19.4 Å². The summed E-state index contributed by atoms with van der Waals surface area (Å²) >= 11 is 1.81. The monoisotopic (exact) mass is 332 g/mol. The maximum Gasteiger partial charge on any atom is 0.119 e. The fraction of sp³-hybridized carbons (Fsp3) is 0.182. The van der Waals surface area contributed by atoms with Gasteiger partial charge in [0.25, 0.3) is 0 Å². The molecule has 1 aliphatic heterocycles. The van der Waals surface area contributed by atoms with Crippen molar-refractivity contribution in [1.82, 2.24) is 0 Å². The summed E-state index contributed by atoms with van der Waals surface area (Å²) in [5.41, 5.74) is 2.21. The minimum Gasteiger partial charge on any atom is -0.365 e. The second kappa shape index (κ2) is 6.84. The predicted octanol–water partition coefficient (Wildman–Crippen LogP) is 5.89. The van der Waals surface area contributed by atoms with E-state index in [4.69, 9.17) is 4.74 Å². The van der Waals surface area contributed by atoms with E-state index in [1.54, 1.807) is 0 Å². The normalized spacial score (nSPS) is 20.2. The van der Waals surface area contributed by atoms with Gasteiger partial charge in [0.15, 0.2) is 0 Å². The molecule has 24 heavy (non-hydrogen) atoms. The molecule has 1 nitrogen and oxygen atoms in total. The van der Waals surface area contributed by atoms with E-state index >= 15 is 0 Å². The Hall–Kier alpha value is -2.03. The van der Waals surface area contributed by atoms with Gasteiger partial charge in [-0.1, -0.05) is 78.5 Å². The van der Waals surface area contributed by atoms with Crippen LogP contribution in [0.1, 0.15) is 24.0 Å². The van der Waals surface area contributed by atoms with Crippen molar-refractivity contribution in [3.8, 4) is 0 Å². The largest absolute Gasteiger partial charge is 0.365 e. The smallest absolute Gasteiger partial charge is 0.119 e. The van der Waals surface area contributed by atoms with E-state index in [9.17, 15) is 0 Å². The van der Waals surface area contributed by atoms with Crippen LogP contribution in [-0.4, -0.2) is 6.61 Å². The van der Waals surface area contributed by atoms with Gasteiger partial charge in [-0.15, -0.1) is 0 Å². The van der Waals surface area contributed by atoms with Gasteiger partial charge in [0.05, 0.1) is 0 Å². The molecule has 0 saturated carbocycles. The molecule has 0 N–H and O–H groups in total. The molecular formula is C22H20OS. The fourth-order valence-corrected chi connectivity index (χ4v) is 4.48. The molecule has 1 unspecified atom stereocenters. The number of hydrogen-bond acceptors (Lipinski definition) is 2. The maximum atomic E-state index is 6.38. The van der Waals surface area contributed by atoms with Crippen LogP contribution in [-0.2, 0) is 10.3 Å². The third kappa shape index (κ3) is 2.88. The molecule has 3 aromatic rings. The molecule has 0 bridgehead atoms. The minimum atomic E-state index is -0.320. The van der Waals surface area contributed by atoms with E-state index in [1.165, 1.54) is 20.9 Å². The van der Waals surface area contributed by atoms with Crippen molar-refractivity contribution in [3.05, 3.63) is 96.1 Å². The lowest BCUT2D eigenvalue weighted by Crippen LogP contribution is -2.27. The lowest BCUT2D eigenvalue weighted by molar-refractivity contribution is 0.0338. The van der Waals surface area contributed by atoms with Crippen molar-refractivity contribution in [2.24, 2.45) is 0 Å². The average Bonchev–Trinajstić information content (AvgIpc) is 3.15.